The lowest BCUT2D eigenvalue weighted by Crippen LogP contribution is -2.29. The van der Waals surface area contributed by atoms with Gasteiger partial charge in [0.1, 0.15) is 12.4 Å². The number of nitrogens with zero attached hydrogens (tertiary/aromatic N) is 4. The van der Waals surface area contributed by atoms with Crippen LogP contribution >= 0.6 is 0 Å². The molecule has 0 spiro atoms. The number of aliphatic hydroxyl groups is 1. The molecule has 0 aliphatic heterocycles. The molecule has 8 heteroatoms. The largest absolute Gasteiger partial charge is 0.508 e. The molecule has 0 bridgehead atoms. The third-order valence-electron chi connectivity index (χ3n) is 3.81. The van der Waals surface area contributed by atoms with Gasteiger partial charge in [-0.15, -0.1) is 0 Å². The van der Waals surface area contributed by atoms with Crippen molar-refractivity contribution < 1.29 is 14.9 Å². The maximum Gasteiger partial charge on any atom is 0.229 e. The molecule has 0 atom stereocenters. The first-order valence-electron chi connectivity index (χ1n) is 9.88. The van der Waals surface area contributed by atoms with E-state index >= 15 is 0 Å². The molecule has 8 nitrogen and oxygen atoms in total. The zero-order valence-corrected chi connectivity index (χ0v) is 17.6. The van der Waals surface area contributed by atoms with Gasteiger partial charge in [0.05, 0.1) is 23.2 Å². The molecule has 0 radical (unpaired) electrons. The van der Waals surface area contributed by atoms with Gasteiger partial charge in [-0.1, -0.05) is 13.8 Å². The summed E-state index contributed by atoms with van der Waals surface area (Å²) in [5.41, 5.74) is 3.26. The fraction of sp³-hybridized carbons (Fsp3) is 0.476. The van der Waals surface area contributed by atoms with Crippen molar-refractivity contribution in [3.63, 3.8) is 0 Å². The first-order valence-corrected chi connectivity index (χ1v) is 9.88. The van der Waals surface area contributed by atoms with Gasteiger partial charge < -0.3 is 19.8 Å². The van der Waals surface area contributed by atoms with Crippen LogP contribution < -0.4 is 15.1 Å². The van der Waals surface area contributed by atoms with E-state index in [1.807, 2.05) is 0 Å². The van der Waals surface area contributed by atoms with Crippen LogP contribution in [0.4, 0.5) is 11.6 Å². The number of hydrogen-bond donors (Lipinski definition) is 3. The summed E-state index contributed by atoms with van der Waals surface area (Å²) in [6, 6.07) is 8.29. The Morgan fingerprint density at radius 2 is 1.79 bits per heavy atom. The number of phenolic OH excluding ortho intramolecular Hbond substituents is 1. The molecule has 0 aliphatic carbocycles. The van der Waals surface area contributed by atoms with Crippen LogP contribution in [-0.4, -0.2) is 51.7 Å². The van der Waals surface area contributed by atoms with E-state index in [1.165, 1.54) is 0 Å². The number of aromatic hydroxyl groups is 1. The molecule has 158 valence electrons. The second kappa shape index (κ2) is 10.6. The molecule has 2 rings (SSSR count). The number of rotatable bonds is 11. The van der Waals surface area contributed by atoms with Crippen molar-refractivity contribution in [3.8, 4) is 11.6 Å². The smallest absolute Gasteiger partial charge is 0.229 e. The number of phenols is 1. The normalized spacial score (nSPS) is 11.6. The lowest BCUT2D eigenvalue weighted by Gasteiger charge is -2.23. The molecule has 0 amide bonds. The summed E-state index contributed by atoms with van der Waals surface area (Å²) in [5, 5.41) is 23.5. The lowest BCUT2D eigenvalue weighted by molar-refractivity contribution is 0.0268. The van der Waals surface area contributed by atoms with Gasteiger partial charge >= 0.3 is 0 Å². The van der Waals surface area contributed by atoms with E-state index in [9.17, 15) is 10.2 Å². The summed E-state index contributed by atoms with van der Waals surface area (Å²) in [6.07, 6.45) is 3.54. The minimum Gasteiger partial charge on any atom is -0.508 e. The average Bonchev–Trinajstić information content (AvgIpc) is 2.67. The minimum atomic E-state index is -0.966. The second-order valence-electron chi connectivity index (χ2n) is 7.44. The highest BCUT2D eigenvalue weighted by atomic mass is 16.5. The zero-order chi connectivity index (χ0) is 21.3. The van der Waals surface area contributed by atoms with E-state index in [1.54, 1.807) is 50.4 Å². The summed E-state index contributed by atoms with van der Waals surface area (Å²) < 4.78 is 5.70. The Morgan fingerprint density at radius 3 is 2.38 bits per heavy atom. The number of ether oxygens (including phenoxy) is 1. The van der Waals surface area contributed by atoms with Crippen molar-refractivity contribution in [1.82, 2.24) is 9.97 Å². The highest BCUT2D eigenvalue weighted by Crippen LogP contribution is 2.18. The molecule has 0 unspecified atom stereocenters. The summed E-state index contributed by atoms with van der Waals surface area (Å²) in [6.45, 7) is 9.38. The molecular formula is C21H31N5O3. The molecule has 0 fully saturated rings. The Hall–Kier alpha value is -2.87. The average molecular weight is 402 g/mol. The molecule has 1 heterocycles. The second-order valence-corrected chi connectivity index (χ2v) is 7.44. The van der Waals surface area contributed by atoms with E-state index < -0.39 is 5.60 Å². The standard InChI is InChI=1S/C21H31N5O3/c1-5-11-26(12-6-2)20-23-17(13-19(24-20)29-15-21(3,4)28)14-22-25-16-7-9-18(27)10-8-16/h7-10,13-14,25,27-28H,5-6,11-12,15H2,1-4H3/b22-14+. The maximum atomic E-state index is 9.95. The van der Waals surface area contributed by atoms with Gasteiger partial charge in [-0.25, -0.2) is 4.98 Å². The lowest BCUT2D eigenvalue weighted by atomic mass is 10.2. The van der Waals surface area contributed by atoms with Crippen LogP contribution in [0.15, 0.2) is 35.4 Å². The van der Waals surface area contributed by atoms with Crippen LogP contribution in [0.1, 0.15) is 46.2 Å². The van der Waals surface area contributed by atoms with Crippen molar-refractivity contribution in [2.45, 2.75) is 46.1 Å². The predicted molar refractivity (Wildman–Crippen MR) is 116 cm³/mol. The van der Waals surface area contributed by atoms with Gasteiger partial charge in [0.25, 0.3) is 0 Å². The van der Waals surface area contributed by atoms with Crippen molar-refractivity contribution >= 4 is 17.9 Å². The Balaban J connectivity index is 2.24. The SMILES string of the molecule is CCCN(CCC)c1nc(/C=N/Nc2ccc(O)cc2)cc(OCC(C)(C)O)n1. The Bertz CT molecular complexity index is 782. The molecule has 1 aromatic heterocycles. The van der Waals surface area contributed by atoms with Crippen LogP contribution in [-0.2, 0) is 0 Å². The molecule has 2 aromatic rings. The molecule has 0 saturated heterocycles. The van der Waals surface area contributed by atoms with Gasteiger partial charge in [0.2, 0.25) is 11.8 Å². The van der Waals surface area contributed by atoms with Crippen molar-refractivity contribution in [2.75, 3.05) is 30.0 Å². The third kappa shape index (κ3) is 7.95. The van der Waals surface area contributed by atoms with E-state index in [0.717, 1.165) is 31.6 Å². The van der Waals surface area contributed by atoms with Crippen LogP contribution in [0.25, 0.3) is 0 Å². The number of aromatic nitrogens is 2. The predicted octanol–water partition coefficient (Wildman–Crippen LogP) is 3.40. The van der Waals surface area contributed by atoms with Crippen LogP contribution in [0.3, 0.4) is 0 Å². The highest BCUT2D eigenvalue weighted by molar-refractivity contribution is 5.78. The molecule has 3 N–H and O–H groups in total. The van der Waals surface area contributed by atoms with Gasteiger partial charge in [-0.05, 0) is 51.0 Å². The quantitative estimate of drug-likeness (QED) is 0.301. The van der Waals surface area contributed by atoms with Crippen LogP contribution in [0.2, 0.25) is 0 Å². The zero-order valence-electron chi connectivity index (χ0n) is 17.6. The molecule has 0 saturated carbocycles. The van der Waals surface area contributed by atoms with Crippen molar-refractivity contribution in [2.24, 2.45) is 5.10 Å². The number of hydrogen-bond acceptors (Lipinski definition) is 8. The van der Waals surface area contributed by atoms with Crippen LogP contribution in [0.5, 0.6) is 11.6 Å². The van der Waals surface area contributed by atoms with Crippen LogP contribution in [0, 0.1) is 0 Å². The van der Waals surface area contributed by atoms with Gasteiger partial charge in [-0.2, -0.15) is 10.1 Å². The first-order chi connectivity index (χ1) is 13.8. The minimum absolute atomic E-state index is 0.118. The third-order valence-corrected chi connectivity index (χ3v) is 3.81. The Labute approximate surface area is 172 Å². The van der Waals surface area contributed by atoms with E-state index in [2.05, 4.69) is 39.2 Å². The van der Waals surface area contributed by atoms with Gasteiger partial charge in [-0.3, -0.25) is 5.43 Å². The molecule has 1 aromatic carbocycles. The molecule has 29 heavy (non-hydrogen) atoms. The van der Waals surface area contributed by atoms with Crippen molar-refractivity contribution in [1.29, 1.82) is 0 Å². The number of hydrazone groups is 1. The molecule has 0 aliphatic rings. The number of benzene rings is 1. The topological polar surface area (TPSA) is 103 Å². The first kappa shape index (κ1) is 22.4. The van der Waals surface area contributed by atoms with E-state index in [4.69, 9.17) is 4.74 Å². The fourth-order valence-electron chi connectivity index (χ4n) is 2.52. The van der Waals surface area contributed by atoms with Crippen molar-refractivity contribution in [3.05, 3.63) is 36.0 Å². The molecular weight excluding hydrogens is 370 g/mol. The Kier molecular flexibility index (Phi) is 8.21. The fourth-order valence-corrected chi connectivity index (χ4v) is 2.52. The monoisotopic (exact) mass is 401 g/mol. The summed E-state index contributed by atoms with van der Waals surface area (Å²) >= 11 is 0. The number of anilines is 2. The summed E-state index contributed by atoms with van der Waals surface area (Å²) in [4.78, 5) is 11.2. The van der Waals surface area contributed by atoms with E-state index in [-0.39, 0.29) is 12.4 Å². The van der Waals surface area contributed by atoms with Gasteiger partial charge in [0.15, 0.2) is 0 Å². The number of nitrogens with one attached hydrogen (secondary N) is 1. The summed E-state index contributed by atoms with van der Waals surface area (Å²) in [7, 11) is 0. The van der Waals surface area contributed by atoms with Gasteiger partial charge in [0, 0.05) is 19.2 Å². The van der Waals surface area contributed by atoms with E-state index in [0.29, 0.717) is 17.5 Å². The Morgan fingerprint density at radius 1 is 1.14 bits per heavy atom. The maximum absolute atomic E-state index is 9.95. The highest BCUT2D eigenvalue weighted by Gasteiger charge is 2.16. The summed E-state index contributed by atoms with van der Waals surface area (Å²) in [5.74, 6) is 1.16.